The molecule has 0 atom stereocenters. The van der Waals surface area contributed by atoms with E-state index in [4.69, 9.17) is 0 Å². The van der Waals surface area contributed by atoms with Gasteiger partial charge in [0.25, 0.3) is 0 Å². The first-order valence-electron chi connectivity index (χ1n) is 7.43. The third kappa shape index (κ3) is 2.64. The topological polar surface area (TPSA) is 28.2 Å². The number of hydrogen-bond donors (Lipinski definition) is 1. The van der Waals surface area contributed by atoms with Crippen LogP contribution in [-0.4, -0.2) is 24.1 Å². The average molecular weight is 291 g/mol. The normalized spacial score (nSPS) is 14.5. The van der Waals surface area contributed by atoms with E-state index in [1.54, 1.807) is 6.20 Å². The van der Waals surface area contributed by atoms with Gasteiger partial charge in [-0.05, 0) is 32.8 Å². The summed E-state index contributed by atoms with van der Waals surface area (Å²) in [5.41, 5.74) is 0.710. The van der Waals surface area contributed by atoms with Crippen molar-refractivity contribution in [2.45, 2.75) is 32.7 Å². The van der Waals surface area contributed by atoms with E-state index in [0.717, 1.165) is 32.0 Å². The molecule has 3 nitrogen and oxygen atoms in total. The van der Waals surface area contributed by atoms with Gasteiger partial charge < -0.3 is 10.2 Å². The molecular weight excluding hydrogens is 272 g/mol. The van der Waals surface area contributed by atoms with Gasteiger partial charge in [0.1, 0.15) is 17.5 Å². The predicted octanol–water partition coefficient (Wildman–Crippen LogP) is 3.93. The molecule has 0 saturated heterocycles. The number of hydrogen-bond acceptors (Lipinski definition) is 3. The van der Waals surface area contributed by atoms with Gasteiger partial charge in [-0.25, -0.2) is 13.8 Å². The largest absolute Gasteiger partial charge is 0.381 e. The number of nitrogens with one attached hydrogen (secondary N) is 1. The third-order valence-electron chi connectivity index (χ3n) is 3.88. The van der Waals surface area contributed by atoms with Gasteiger partial charge in [-0.15, -0.1) is 0 Å². The van der Waals surface area contributed by atoms with Crippen molar-refractivity contribution in [2.75, 3.05) is 23.3 Å². The molecule has 1 fully saturated rings. The van der Waals surface area contributed by atoms with Crippen molar-refractivity contribution < 1.29 is 8.78 Å². The van der Waals surface area contributed by atoms with Crippen LogP contribution in [0.5, 0.6) is 0 Å². The minimum atomic E-state index is -0.560. The smallest absolute Gasteiger partial charge is 0.139 e. The summed E-state index contributed by atoms with van der Waals surface area (Å²) in [6.45, 7) is 5.44. The van der Waals surface area contributed by atoms with Gasteiger partial charge in [-0.3, -0.25) is 0 Å². The molecule has 0 spiro atoms. The molecule has 0 amide bonds. The molecule has 1 N–H and O–H groups in total. The fourth-order valence-electron chi connectivity index (χ4n) is 2.60. The summed E-state index contributed by atoms with van der Waals surface area (Å²) < 4.78 is 28.0. The van der Waals surface area contributed by atoms with E-state index in [-0.39, 0.29) is 0 Å². The highest BCUT2D eigenvalue weighted by atomic mass is 19.1. The maximum absolute atomic E-state index is 14.3. The van der Waals surface area contributed by atoms with Gasteiger partial charge >= 0.3 is 0 Å². The molecule has 0 radical (unpaired) electrons. The molecule has 3 rings (SSSR count). The summed E-state index contributed by atoms with van der Waals surface area (Å²) in [5, 5.41) is 4.26. The van der Waals surface area contributed by atoms with Gasteiger partial charge in [0.05, 0.1) is 17.3 Å². The number of anilines is 2. The first-order valence-corrected chi connectivity index (χ1v) is 7.43. The number of nitrogens with zero attached hydrogens (tertiary/aromatic N) is 2. The van der Waals surface area contributed by atoms with Crippen LogP contribution in [0.4, 0.5) is 20.3 Å². The second-order valence-electron chi connectivity index (χ2n) is 5.40. The number of pyridine rings is 1. The molecule has 1 saturated carbocycles. The Hall–Kier alpha value is -1.91. The summed E-state index contributed by atoms with van der Waals surface area (Å²) in [4.78, 5) is 6.40. The van der Waals surface area contributed by atoms with Gasteiger partial charge in [0.2, 0.25) is 0 Å². The van der Waals surface area contributed by atoms with Crippen LogP contribution in [0, 0.1) is 11.6 Å². The zero-order chi connectivity index (χ0) is 15.0. The van der Waals surface area contributed by atoms with Crippen LogP contribution in [0.3, 0.4) is 0 Å². The van der Waals surface area contributed by atoms with Crippen LogP contribution in [0.15, 0.2) is 18.3 Å². The Morgan fingerprint density at radius 2 is 1.95 bits per heavy atom. The minimum absolute atomic E-state index is 0.394. The van der Waals surface area contributed by atoms with Crippen molar-refractivity contribution in [1.82, 2.24) is 4.98 Å². The minimum Gasteiger partial charge on any atom is -0.381 e. The molecule has 0 bridgehead atoms. The van der Waals surface area contributed by atoms with E-state index < -0.39 is 11.6 Å². The monoisotopic (exact) mass is 291 g/mol. The van der Waals surface area contributed by atoms with E-state index in [1.165, 1.54) is 6.07 Å². The van der Waals surface area contributed by atoms with Crippen molar-refractivity contribution in [3.8, 4) is 0 Å². The summed E-state index contributed by atoms with van der Waals surface area (Å²) in [7, 11) is 0. The maximum atomic E-state index is 14.3. The molecule has 112 valence electrons. The third-order valence-corrected chi connectivity index (χ3v) is 3.88. The Kier molecular flexibility index (Phi) is 3.66. The molecule has 1 aliphatic carbocycles. The van der Waals surface area contributed by atoms with Crippen LogP contribution in [-0.2, 0) is 0 Å². The molecule has 5 heteroatoms. The summed E-state index contributed by atoms with van der Waals surface area (Å²) >= 11 is 0. The van der Waals surface area contributed by atoms with E-state index in [2.05, 4.69) is 10.3 Å². The molecule has 21 heavy (non-hydrogen) atoms. The molecule has 0 unspecified atom stereocenters. The number of aromatic nitrogens is 1. The number of rotatable bonds is 5. The summed E-state index contributed by atoms with van der Waals surface area (Å²) in [5.74, 6) is -0.539. The Balaban J connectivity index is 2.21. The fraction of sp³-hybridized carbons (Fsp3) is 0.438. The molecular formula is C16H19F2N3. The highest BCUT2D eigenvalue weighted by Gasteiger charge is 2.23. The van der Waals surface area contributed by atoms with E-state index in [9.17, 15) is 8.78 Å². The van der Waals surface area contributed by atoms with Crippen molar-refractivity contribution in [3.63, 3.8) is 0 Å². The van der Waals surface area contributed by atoms with Crippen molar-refractivity contribution >= 4 is 22.3 Å². The zero-order valence-corrected chi connectivity index (χ0v) is 12.3. The van der Waals surface area contributed by atoms with Crippen LogP contribution in [0.25, 0.3) is 10.8 Å². The molecule has 1 aliphatic rings. The van der Waals surface area contributed by atoms with Crippen molar-refractivity contribution in [1.29, 1.82) is 0 Å². The van der Waals surface area contributed by atoms with Crippen LogP contribution in [0.1, 0.15) is 26.7 Å². The molecule has 0 aliphatic heterocycles. The summed E-state index contributed by atoms with van der Waals surface area (Å²) in [6.07, 6.45) is 3.88. The second kappa shape index (κ2) is 5.47. The highest BCUT2D eigenvalue weighted by molar-refractivity contribution is 6.00. The highest BCUT2D eigenvalue weighted by Crippen LogP contribution is 2.35. The fourth-order valence-corrected chi connectivity index (χ4v) is 2.60. The zero-order valence-electron chi connectivity index (χ0n) is 12.3. The lowest BCUT2D eigenvalue weighted by Crippen LogP contribution is -2.23. The van der Waals surface area contributed by atoms with Crippen LogP contribution in [0.2, 0.25) is 0 Å². The first kappa shape index (κ1) is 14.0. The number of benzene rings is 1. The lowest BCUT2D eigenvalue weighted by atomic mass is 10.1. The lowest BCUT2D eigenvalue weighted by Gasteiger charge is -2.23. The maximum Gasteiger partial charge on any atom is 0.139 e. The Bertz CT molecular complexity index is 664. The Morgan fingerprint density at radius 3 is 2.57 bits per heavy atom. The predicted molar refractivity (Wildman–Crippen MR) is 81.9 cm³/mol. The van der Waals surface area contributed by atoms with E-state index in [1.807, 2.05) is 18.7 Å². The molecule has 1 heterocycles. The molecule has 1 aromatic carbocycles. The van der Waals surface area contributed by atoms with E-state index in [0.29, 0.717) is 28.3 Å². The lowest BCUT2D eigenvalue weighted by molar-refractivity contribution is 0.591. The standard InChI is InChI=1S/C16H19F2N3/c1-3-21(4-2)16-15-12(7-10(17)8-13(15)18)14(9-19-16)20-11-5-6-11/h7-9,11,20H,3-6H2,1-2H3. The van der Waals surface area contributed by atoms with Crippen LogP contribution >= 0.6 is 0 Å². The van der Waals surface area contributed by atoms with Crippen molar-refractivity contribution in [2.24, 2.45) is 0 Å². The summed E-state index contributed by atoms with van der Waals surface area (Å²) in [6, 6.07) is 2.72. The van der Waals surface area contributed by atoms with Gasteiger partial charge in [-0.1, -0.05) is 0 Å². The number of halogens is 2. The molecule has 1 aromatic heterocycles. The second-order valence-corrected chi connectivity index (χ2v) is 5.40. The van der Waals surface area contributed by atoms with Gasteiger partial charge in [-0.2, -0.15) is 0 Å². The first-order chi connectivity index (χ1) is 10.1. The van der Waals surface area contributed by atoms with Crippen molar-refractivity contribution in [3.05, 3.63) is 30.0 Å². The Labute approximate surface area is 123 Å². The molecule has 2 aromatic rings. The van der Waals surface area contributed by atoms with Gasteiger partial charge in [0.15, 0.2) is 0 Å². The van der Waals surface area contributed by atoms with E-state index >= 15 is 0 Å². The Morgan fingerprint density at radius 1 is 1.24 bits per heavy atom. The number of fused-ring (bicyclic) bond motifs is 1. The average Bonchev–Trinajstić information content (AvgIpc) is 3.26. The van der Waals surface area contributed by atoms with Crippen LogP contribution < -0.4 is 10.2 Å². The van der Waals surface area contributed by atoms with Gasteiger partial charge in [0, 0.05) is 30.6 Å². The SMILES string of the molecule is CCN(CC)c1ncc(NC2CC2)c2cc(F)cc(F)c12. The quantitative estimate of drug-likeness (QED) is 0.904.